The number of aryl methyl sites for hydroxylation is 2. The molecule has 0 spiro atoms. The van der Waals surface area contributed by atoms with Crippen molar-refractivity contribution in [2.45, 2.75) is 25.3 Å². The Balaban J connectivity index is 1.80. The number of rotatable bonds is 6. The van der Waals surface area contributed by atoms with Gasteiger partial charge in [0.1, 0.15) is 0 Å². The smallest absolute Gasteiger partial charge is 0.230 e. The molecule has 0 saturated carbocycles. The van der Waals surface area contributed by atoms with Crippen molar-refractivity contribution in [2.75, 3.05) is 24.7 Å². The van der Waals surface area contributed by atoms with Gasteiger partial charge in [-0.1, -0.05) is 29.8 Å². The molecule has 23 heavy (non-hydrogen) atoms. The summed E-state index contributed by atoms with van der Waals surface area (Å²) in [7, 11) is 4.03. The van der Waals surface area contributed by atoms with Gasteiger partial charge in [-0.05, 0) is 43.2 Å². The summed E-state index contributed by atoms with van der Waals surface area (Å²) >= 11 is 1.59. The largest absolute Gasteiger partial charge is 0.378 e. The molecule has 0 aliphatic rings. The summed E-state index contributed by atoms with van der Waals surface area (Å²) in [6.07, 6.45) is 0. The van der Waals surface area contributed by atoms with Crippen molar-refractivity contribution in [1.29, 1.82) is 0 Å². The molecule has 4 heteroatoms. The number of carbonyl (C=O) groups is 1. The molecule has 1 N–H and O–H groups in total. The summed E-state index contributed by atoms with van der Waals surface area (Å²) in [5.74, 6) is 0.506. The molecule has 1 amide bonds. The highest BCUT2D eigenvalue weighted by Crippen LogP contribution is 2.22. The molecule has 3 nitrogen and oxygen atoms in total. The van der Waals surface area contributed by atoms with Gasteiger partial charge in [-0.3, -0.25) is 4.79 Å². The first kappa shape index (κ1) is 17.4. The zero-order valence-corrected chi connectivity index (χ0v) is 15.0. The molecule has 122 valence electrons. The third kappa shape index (κ3) is 5.32. The van der Waals surface area contributed by atoms with Gasteiger partial charge < -0.3 is 10.2 Å². The fourth-order valence-electron chi connectivity index (χ4n) is 2.27. The van der Waals surface area contributed by atoms with Crippen molar-refractivity contribution in [2.24, 2.45) is 0 Å². The summed E-state index contributed by atoms with van der Waals surface area (Å²) in [5, 5.41) is 2.98. The topological polar surface area (TPSA) is 32.3 Å². The lowest BCUT2D eigenvalue weighted by Crippen LogP contribution is -2.24. The zero-order chi connectivity index (χ0) is 16.8. The number of hydrogen-bond acceptors (Lipinski definition) is 3. The first-order valence-corrected chi connectivity index (χ1v) is 8.67. The SMILES string of the molecule is Cc1ccc(SCC(=O)NCc2ccc(N(C)C)cc2)c(C)c1. The Morgan fingerprint density at radius 2 is 1.78 bits per heavy atom. The highest BCUT2D eigenvalue weighted by atomic mass is 32.2. The Kier molecular flexibility index (Phi) is 6.11. The molecule has 0 radical (unpaired) electrons. The van der Waals surface area contributed by atoms with Crippen molar-refractivity contribution < 1.29 is 4.79 Å². The van der Waals surface area contributed by atoms with Crippen LogP contribution < -0.4 is 10.2 Å². The van der Waals surface area contributed by atoms with E-state index in [1.807, 2.05) is 26.2 Å². The van der Waals surface area contributed by atoms with Gasteiger partial charge in [0.25, 0.3) is 0 Å². The molecule has 0 atom stereocenters. The normalized spacial score (nSPS) is 10.4. The van der Waals surface area contributed by atoms with Crippen LogP contribution in [0.15, 0.2) is 47.4 Å². The molecular weight excluding hydrogens is 304 g/mol. The van der Waals surface area contributed by atoms with E-state index in [2.05, 4.69) is 54.4 Å². The van der Waals surface area contributed by atoms with E-state index in [0.717, 1.165) is 11.3 Å². The molecule has 0 bridgehead atoms. The molecule has 0 saturated heterocycles. The predicted molar refractivity (Wildman–Crippen MR) is 99.3 cm³/mol. The summed E-state index contributed by atoms with van der Waals surface area (Å²) < 4.78 is 0. The van der Waals surface area contributed by atoms with Crippen molar-refractivity contribution >= 4 is 23.4 Å². The minimum atomic E-state index is 0.0617. The molecule has 0 unspecified atom stereocenters. The maximum Gasteiger partial charge on any atom is 0.230 e. The number of amides is 1. The van der Waals surface area contributed by atoms with E-state index >= 15 is 0 Å². The van der Waals surface area contributed by atoms with Gasteiger partial charge in [0.2, 0.25) is 5.91 Å². The third-order valence-corrected chi connectivity index (χ3v) is 4.81. The van der Waals surface area contributed by atoms with Crippen molar-refractivity contribution in [3.63, 3.8) is 0 Å². The second-order valence-corrected chi connectivity index (χ2v) is 6.91. The first-order chi connectivity index (χ1) is 11.0. The second kappa shape index (κ2) is 8.06. The molecule has 2 aromatic carbocycles. The number of hydrogen-bond donors (Lipinski definition) is 1. The highest BCUT2D eigenvalue weighted by molar-refractivity contribution is 8.00. The van der Waals surface area contributed by atoms with Crippen LogP contribution in [-0.2, 0) is 11.3 Å². The van der Waals surface area contributed by atoms with E-state index in [1.165, 1.54) is 16.0 Å². The van der Waals surface area contributed by atoms with E-state index in [9.17, 15) is 4.79 Å². The number of anilines is 1. The Hall–Kier alpha value is -1.94. The number of carbonyl (C=O) groups excluding carboxylic acids is 1. The standard InChI is InChI=1S/C19H24N2OS/c1-14-5-10-18(15(2)11-14)23-13-19(22)20-12-16-6-8-17(9-7-16)21(3)4/h5-11H,12-13H2,1-4H3,(H,20,22). The van der Waals surface area contributed by atoms with Gasteiger partial charge in [0.05, 0.1) is 5.75 Å². The molecular formula is C19H24N2OS. The fraction of sp³-hybridized carbons (Fsp3) is 0.316. The Bertz CT molecular complexity index is 666. The van der Waals surface area contributed by atoms with Crippen LogP contribution in [0.5, 0.6) is 0 Å². The van der Waals surface area contributed by atoms with E-state index in [-0.39, 0.29) is 5.91 Å². The molecule has 0 fully saturated rings. The fourth-order valence-corrected chi connectivity index (χ4v) is 3.11. The van der Waals surface area contributed by atoms with Crippen molar-refractivity contribution in [3.05, 3.63) is 59.2 Å². The predicted octanol–water partition coefficient (Wildman–Crippen LogP) is 3.78. The maximum atomic E-state index is 12.0. The average molecular weight is 328 g/mol. The van der Waals surface area contributed by atoms with E-state index in [4.69, 9.17) is 0 Å². The summed E-state index contributed by atoms with van der Waals surface area (Å²) in [6, 6.07) is 14.5. The number of nitrogens with one attached hydrogen (secondary N) is 1. The molecule has 2 aromatic rings. The summed E-state index contributed by atoms with van der Waals surface area (Å²) in [4.78, 5) is 15.2. The molecule has 0 aliphatic heterocycles. The number of nitrogens with zero attached hydrogens (tertiary/aromatic N) is 1. The Morgan fingerprint density at radius 3 is 2.39 bits per heavy atom. The minimum Gasteiger partial charge on any atom is -0.378 e. The van der Waals surface area contributed by atoms with Gasteiger partial charge >= 0.3 is 0 Å². The highest BCUT2D eigenvalue weighted by Gasteiger charge is 2.05. The number of benzene rings is 2. The van der Waals surface area contributed by atoms with Crippen LogP contribution in [0.2, 0.25) is 0 Å². The maximum absolute atomic E-state index is 12.0. The Morgan fingerprint density at radius 1 is 1.09 bits per heavy atom. The first-order valence-electron chi connectivity index (χ1n) is 7.69. The monoisotopic (exact) mass is 328 g/mol. The van der Waals surface area contributed by atoms with Crippen LogP contribution in [0.25, 0.3) is 0 Å². The summed E-state index contributed by atoms with van der Waals surface area (Å²) in [6.45, 7) is 4.73. The number of thioether (sulfide) groups is 1. The van der Waals surface area contributed by atoms with E-state index in [0.29, 0.717) is 12.3 Å². The molecule has 0 aliphatic carbocycles. The average Bonchev–Trinajstić information content (AvgIpc) is 2.52. The zero-order valence-electron chi connectivity index (χ0n) is 14.2. The molecule has 0 heterocycles. The van der Waals surface area contributed by atoms with Crippen molar-refractivity contribution in [1.82, 2.24) is 5.32 Å². The lowest BCUT2D eigenvalue weighted by atomic mass is 10.2. The van der Waals surface area contributed by atoms with E-state index < -0.39 is 0 Å². The Labute approximate surface area is 143 Å². The van der Waals surface area contributed by atoms with Crippen LogP contribution in [-0.4, -0.2) is 25.8 Å². The van der Waals surface area contributed by atoms with Gasteiger partial charge in [0.15, 0.2) is 0 Å². The van der Waals surface area contributed by atoms with Crippen LogP contribution >= 0.6 is 11.8 Å². The summed E-state index contributed by atoms with van der Waals surface area (Å²) in [5.41, 5.74) is 4.74. The minimum absolute atomic E-state index is 0.0617. The van der Waals surface area contributed by atoms with Gasteiger partial charge in [-0.15, -0.1) is 11.8 Å². The van der Waals surface area contributed by atoms with Crippen LogP contribution in [0.3, 0.4) is 0 Å². The third-order valence-electron chi connectivity index (χ3n) is 3.63. The van der Waals surface area contributed by atoms with Crippen LogP contribution in [0, 0.1) is 13.8 Å². The van der Waals surface area contributed by atoms with E-state index in [1.54, 1.807) is 11.8 Å². The van der Waals surface area contributed by atoms with Gasteiger partial charge in [0, 0.05) is 31.2 Å². The van der Waals surface area contributed by atoms with Gasteiger partial charge in [-0.25, -0.2) is 0 Å². The van der Waals surface area contributed by atoms with Crippen LogP contribution in [0.1, 0.15) is 16.7 Å². The lowest BCUT2D eigenvalue weighted by molar-refractivity contribution is -0.118. The second-order valence-electron chi connectivity index (χ2n) is 5.90. The van der Waals surface area contributed by atoms with Gasteiger partial charge in [-0.2, -0.15) is 0 Å². The lowest BCUT2D eigenvalue weighted by Gasteiger charge is -2.13. The quantitative estimate of drug-likeness (QED) is 0.819. The van der Waals surface area contributed by atoms with Crippen molar-refractivity contribution in [3.8, 4) is 0 Å². The molecule has 2 rings (SSSR count). The molecule has 0 aromatic heterocycles. The van der Waals surface area contributed by atoms with Crippen LogP contribution in [0.4, 0.5) is 5.69 Å².